The number of likely N-dealkylation sites (tertiary alicyclic amines) is 1. The first-order valence-corrected chi connectivity index (χ1v) is 12.5. The van der Waals surface area contributed by atoms with Gasteiger partial charge in [0.15, 0.2) is 0 Å². The highest BCUT2D eigenvalue weighted by Crippen LogP contribution is 2.40. The minimum absolute atomic E-state index is 0.132. The van der Waals surface area contributed by atoms with Crippen LogP contribution < -0.4 is 9.47 Å². The number of rotatable bonds is 6. The first-order valence-electron chi connectivity index (χ1n) is 11.1. The fourth-order valence-electron chi connectivity index (χ4n) is 4.52. The second-order valence-electron chi connectivity index (χ2n) is 8.26. The molecule has 1 amide bonds. The minimum Gasteiger partial charge on any atom is -0.497 e. The first-order chi connectivity index (χ1) is 15.9. The molecule has 178 valence electrons. The maximum absolute atomic E-state index is 13.7. The highest BCUT2D eigenvalue weighted by atomic mass is 32.2. The Bertz CT molecular complexity index is 1130. The molecule has 0 saturated carbocycles. The van der Waals surface area contributed by atoms with Gasteiger partial charge in [0.25, 0.3) is 5.91 Å². The Morgan fingerprint density at radius 2 is 1.79 bits per heavy atom. The molecule has 9 heteroatoms. The molecule has 4 rings (SSSR count). The zero-order valence-corrected chi connectivity index (χ0v) is 20.1. The fourth-order valence-corrected chi connectivity index (χ4v) is 5.95. The van der Waals surface area contributed by atoms with E-state index in [-0.39, 0.29) is 16.8 Å². The van der Waals surface area contributed by atoms with Gasteiger partial charge in [0.1, 0.15) is 11.5 Å². The van der Waals surface area contributed by atoms with Crippen LogP contribution in [0.4, 0.5) is 0 Å². The molecule has 0 aliphatic carbocycles. The van der Waals surface area contributed by atoms with Crippen molar-refractivity contribution in [2.24, 2.45) is 0 Å². The fraction of sp³-hybridized carbons (Fsp3) is 0.458. The Balaban J connectivity index is 1.67. The summed E-state index contributed by atoms with van der Waals surface area (Å²) in [5.41, 5.74) is 2.03. The molecule has 2 aromatic carbocycles. The van der Waals surface area contributed by atoms with Crippen LogP contribution in [0.2, 0.25) is 0 Å². The number of methoxy groups -OCH3 is 2. The molecule has 1 unspecified atom stereocenters. The average molecular weight is 475 g/mol. The van der Waals surface area contributed by atoms with Gasteiger partial charge in [-0.1, -0.05) is 6.07 Å². The van der Waals surface area contributed by atoms with E-state index in [0.717, 1.165) is 24.0 Å². The molecule has 2 heterocycles. The normalized spacial score (nSPS) is 19.5. The molecule has 0 spiro atoms. The molecule has 0 N–H and O–H groups in total. The summed E-state index contributed by atoms with van der Waals surface area (Å²) in [4.78, 5) is 15.6. The zero-order valence-electron chi connectivity index (χ0n) is 19.2. The van der Waals surface area contributed by atoms with Crippen LogP contribution in [0.25, 0.3) is 0 Å². The van der Waals surface area contributed by atoms with Crippen molar-refractivity contribution in [1.29, 1.82) is 0 Å². The van der Waals surface area contributed by atoms with Gasteiger partial charge >= 0.3 is 0 Å². The van der Waals surface area contributed by atoms with Crippen LogP contribution in [0.1, 0.15) is 40.4 Å². The van der Waals surface area contributed by atoms with Crippen LogP contribution in [0, 0.1) is 6.92 Å². The van der Waals surface area contributed by atoms with Crippen LogP contribution >= 0.6 is 0 Å². The summed E-state index contributed by atoms with van der Waals surface area (Å²) in [6, 6.07) is 10.2. The molecule has 1 atom stereocenters. The number of benzene rings is 2. The number of hydrogen-bond donors (Lipinski definition) is 0. The lowest BCUT2D eigenvalue weighted by Crippen LogP contribution is -2.40. The van der Waals surface area contributed by atoms with Crippen LogP contribution in [0.5, 0.6) is 11.5 Å². The number of nitrogens with zero attached hydrogens (tertiary/aromatic N) is 2. The predicted molar refractivity (Wildman–Crippen MR) is 123 cm³/mol. The molecule has 2 aromatic rings. The summed E-state index contributed by atoms with van der Waals surface area (Å²) < 4.78 is 43.9. The Morgan fingerprint density at radius 3 is 2.48 bits per heavy atom. The number of carbonyl (C=O) groups excluding carboxylic acids is 1. The predicted octanol–water partition coefficient (Wildman–Crippen LogP) is 3.01. The topological polar surface area (TPSA) is 85.4 Å². The van der Waals surface area contributed by atoms with E-state index < -0.39 is 10.0 Å². The van der Waals surface area contributed by atoms with Crippen LogP contribution in [0.15, 0.2) is 41.3 Å². The molecular formula is C24H30N2O6S. The lowest BCUT2D eigenvalue weighted by Gasteiger charge is -2.28. The smallest absolute Gasteiger partial charge is 0.254 e. The van der Waals surface area contributed by atoms with Gasteiger partial charge < -0.3 is 19.1 Å². The zero-order chi connectivity index (χ0) is 23.6. The van der Waals surface area contributed by atoms with Crippen molar-refractivity contribution in [3.63, 3.8) is 0 Å². The third kappa shape index (κ3) is 4.58. The lowest BCUT2D eigenvalue weighted by molar-refractivity contribution is 0.0726. The minimum atomic E-state index is -3.70. The number of amides is 1. The monoisotopic (exact) mass is 474 g/mol. The summed E-state index contributed by atoms with van der Waals surface area (Å²) >= 11 is 0. The number of aryl methyl sites for hydroxylation is 1. The van der Waals surface area contributed by atoms with E-state index in [9.17, 15) is 13.2 Å². The van der Waals surface area contributed by atoms with Gasteiger partial charge in [-0.3, -0.25) is 4.79 Å². The molecular weight excluding hydrogens is 444 g/mol. The molecule has 2 aliphatic rings. The first kappa shape index (κ1) is 23.5. The van der Waals surface area contributed by atoms with E-state index in [1.165, 1.54) is 10.4 Å². The molecule has 2 saturated heterocycles. The van der Waals surface area contributed by atoms with Crippen LogP contribution in [0.3, 0.4) is 0 Å². The van der Waals surface area contributed by atoms with Crippen molar-refractivity contribution in [2.45, 2.75) is 30.7 Å². The molecule has 0 bridgehead atoms. The summed E-state index contributed by atoms with van der Waals surface area (Å²) in [5, 5.41) is 0. The number of ether oxygens (including phenoxy) is 3. The van der Waals surface area contributed by atoms with Crippen molar-refractivity contribution < 1.29 is 27.4 Å². The van der Waals surface area contributed by atoms with E-state index in [0.29, 0.717) is 49.9 Å². The number of sulfonamides is 1. The van der Waals surface area contributed by atoms with E-state index in [1.807, 2.05) is 30.0 Å². The van der Waals surface area contributed by atoms with Gasteiger partial charge in [0.05, 0.1) is 38.4 Å². The Kier molecular flexibility index (Phi) is 6.92. The van der Waals surface area contributed by atoms with E-state index >= 15 is 0 Å². The molecule has 33 heavy (non-hydrogen) atoms. The van der Waals surface area contributed by atoms with Gasteiger partial charge in [-0.2, -0.15) is 4.31 Å². The van der Waals surface area contributed by atoms with E-state index in [1.54, 1.807) is 26.4 Å². The Morgan fingerprint density at radius 1 is 1.03 bits per heavy atom. The van der Waals surface area contributed by atoms with Gasteiger partial charge in [-0.05, 0) is 55.7 Å². The number of carbonyl (C=O) groups is 1. The second kappa shape index (κ2) is 9.70. The van der Waals surface area contributed by atoms with Gasteiger partial charge in [0.2, 0.25) is 10.0 Å². The van der Waals surface area contributed by atoms with Gasteiger partial charge in [-0.15, -0.1) is 0 Å². The standard InChI is InChI=1S/C24H30N2O6S/c1-17-6-8-19(33(28,29)25-11-13-32-14-12-25)16-20(17)24(27)26-10-4-5-22(26)21-15-18(30-2)7-9-23(21)31-3/h6-9,15-16,22H,4-5,10-14H2,1-3H3. The summed E-state index contributed by atoms with van der Waals surface area (Å²) in [6.07, 6.45) is 1.64. The molecule has 0 aromatic heterocycles. The van der Waals surface area contributed by atoms with Gasteiger partial charge in [-0.25, -0.2) is 8.42 Å². The van der Waals surface area contributed by atoms with Crippen molar-refractivity contribution in [3.05, 3.63) is 53.1 Å². The van der Waals surface area contributed by atoms with Crippen molar-refractivity contribution in [1.82, 2.24) is 9.21 Å². The quantitative estimate of drug-likeness (QED) is 0.640. The molecule has 0 radical (unpaired) electrons. The third-order valence-corrected chi connectivity index (χ3v) is 8.25. The van der Waals surface area contributed by atoms with Crippen LogP contribution in [-0.2, 0) is 14.8 Å². The van der Waals surface area contributed by atoms with Crippen molar-refractivity contribution in [2.75, 3.05) is 47.1 Å². The van der Waals surface area contributed by atoms with E-state index in [4.69, 9.17) is 14.2 Å². The maximum Gasteiger partial charge on any atom is 0.254 e. The van der Waals surface area contributed by atoms with E-state index in [2.05, 4.69) is 0 Å². The lowest BCUT2D eigenvalue weighted by atomic mass is 10.0. The Labute approximate surface area is 195 Å². The third-order valence-electron chi connectivity index (χ3n) is 6.36. The van der Waals surface area contributed by atoms with Crippen molar-refractivity contribution >= 4 is 15.9 Å². The summed E-state index contributed by atoms with van der Waals surface area (Å²) in [5.74, 6) is 1.21. The van der Waals surface area contributed by atoms with Crippen molar-refractivity contribution in [3.8, 4) is 11.5 Å². The second-order valence-corrected chi connectivity index (χ2v) is 10.2. The largest absolute Gasteiger partial charge is 0.497 e. The molecule has 2 aliphatic heterocycles. The number of hydrogen-bond acceptors (Lipinski definition) is 6. The number of morpholine rings is 1. The molecule has 2 fully saturated rings. The highest BCUT2D eigenvalue weighted by Gasteiger charge is 2.34. The van der Waals surface area contributed by atoms with Gasteiger partial charge in [0, 0.05) is 30.8 Å². The maximum atomic E-state index is 13.7. The Hall–Kier alpha value is -2.62. The SMILES string of the molecule is COc1ccc(OC)c(C2CCCN2C(=O)c2cc(S(=O)(=O)N3CCOCC3)ccc2C)c1. The van der Waals surface area contributed by atoms with Crippen LogP contribution in [-0.4, -0.2) is 70.6 Å². The summed E-state index contributed by atoms with van der Waals surface area (Å²) in [6.45, 7) is 3.77. The average Bonchev–Trinajstić information content (AvgIpc) is 3.33. The molecule has 8 nitrogen and oxygen atoms in total. The highest BCUT2D eigenvalue weighted by molar-refractivity contribution is 7.89. The summed E-state index contributed by atoms with van der Waals surface area (Å²) in [7, 11) is -0.486.